The molecule has 1 rings (SSSR count). The largest absolute Gasteiger partial charge is 0.480 e. The zero-order valence-electron chi connectivity index (χ0n) is 4.52. The number of hydrogen-bond acceptors (Lipinski definition) is 3. The van der Waals surface area contributed by atoms with Crippen LogP contribution in [-0.2, 0) is 4.79 Å². The lowest BCUT2D eigenvalue weighted by Gasteiger charge is -2.05. The molecule has 50 valence electrons. The Morgan fingerprint density at radius 2 is 2.33 bits per heavy atom. The average Bonchev–Trinajstić information content (AvgIpc) is 2.13. The molecular formula is C5H6O3S. The number of aliphatic carboxylic acids is 1. The van der Waals surface area contributed by atoms with Crippen LogP contribution in [0.15, 0.2) is 11.5 Å². The number of carboxylic acids is 1. The summed E-state index contributed by atoms with van der Waals surface area (Å²) in [7, 11) is 0. The first-order valence-corrected chi connectivity index (χ1v) is 3.39. The predicted molar refractivity (Wildman–Crippen MR) is 34.2 cm³/mol. The zero-order chi connectivity index (χ0) is 6.85. The summed E-state index contributed by atoms with van der Waals surface area (Å²) in [5.41, 5.74) is 0. The van der Waals surface area contributed by atoms with Crippen LogP contribution in [0.2, 0.25) is 0 Å². The van der Waals surface area contributed by atoms with E-state index in [9.17, 15) is 4.79 Å². The lowest BCUT2D eigenvalue weighted by Crippen LogP contribution is -2.25. The molecule has 2 N–H and O–H groups in total. The average molecular weight is 146 g/mol. The molecule has 1 aliphatic heterocycles. The molecule has 2 unspecified atom stereocenters. The van der Waals surface area contributed by atoms with Gasteiger partial charge in [0, 0.05) is 0 Å². The number of aliphatic hydroxyl groups is 1. The van der Waals surface area contributed by atoms with E-state index in [1.54, 1.807) is 5.41 Å². The number of thioether (sulfide) groups is 1. The van der Waals surface area contributed by atoms with Crippen molar-refractivity contribution in [3.63, 3.8) is 0 Å². The van der Waals surface area contributed by atoms with Crippen LogP contribution < -0.4 is 0 Å². The minimum atomic E-state index is -0.961. The van der Waals surface area contributed by atoms with Gasteiger partial charge in [-0.15, -0.1) is 11.8 Å². The van der Waals surface area contributed by atoms with Crippen LogP contribution in [0.25, 0.3) is 0 Å². The van der Waals surface area contributed by atoms with Gasteiger partial charge in [0.15, 0.2) is 0 Å². The van der Waals surface area contributed by atoms with Gasteiger partial charge in [0.1, 0.15) is 5.25 Å². The third-order valence-corrected chi connectivity index (χ3v) is 2.14. The number of carboxylic acid groups (broad SMARTS) is 1. The Labute approximate surface area is 56.4 Å². The van der Waals surface area contributed by atoms with Crippen LogP contribution in [0.1, 0.15) is 0 Å². The monoisotopic (exact) mass is 146 g/mol. The normalized spacial score (nSPS) is 33.0. The van der Waals surface area contributed by atoms with Crippen LogP contribution in [0.3, 0.4) is 0 Å². The Hall–Kier alpha value is -0.480. The van der Waals surface area contributed by atoms with Crippen molar-refractivity contribution in [2.24, 2.45) is 0 Å². The van der Waals surface area contributed by atoms with Crippen LogP contribution in [0, 0.1) is 0 Å². The molecule has 2 atom stereocenters. The number of aliphatic hydroxyl groups excluding tert-OH is 1. The van der Waals surface area contributed by atoms with Crippen molar-refractivity contribution in [2.45, 2.75) is 11.4 Å². The van der Waals surface area contributed by atoms with E-state index < -0.39 is 17.3 Å². The minimum absolute atomic E-state index is 0.690. The Bertz CT molecular complexity index is 154. The molecule has 0 bridgehead atoms. The fourth-order valence-corrected chi connectivity index (χ4v) is 1.39. The molecule has 0 spiro atoms. The summed E-state index contributed by atoms with van der Waals surface area (Å²) in [6.45, 7) is 0. The van der Waals surface area contributed by atoms with Gasteiger partial charge in [0.2, 0.25) is 0 Å². The van der Waals surface area contributed by atoms with Crippen molar-refractivity contribution in [1.82, 2.24) is 0 Å². The van der Waals surface area contributed by atoms with Crippen molar-refractivity contribution in [3.05, 3.63) is 11.5 Å². The summed E-state index contributed by atoms with van der Waals surface area (Å²) >= 11 is 1.13. The highest BCUT2D eigenvalue weighted by molar-refractivity contribution is 8.03. The first-order valence-electron chi connectivity index (χ1n) is 2.45. The van der Waals surface area contributed by atoms with E-state index in [0.29, 0.717) is 0 Å². The van der Waals surface area contributed by atoms with Gasteiger partial charge in [-0.2, -0.15) is 0 Å². The van der Waals surface area contributed by atoms with Crippen LogP contribution >= 0.6 is 11.8 Å². The van der Waals surface area contributed by atoms with Crippen LogP contribution in [0.5, 0.6) is 0 Å². The molecule has 0 amide bonds. The summed E-state index contributed by atoms with van der Waals surface area (Å²) in [5.74, 6) is -0.961. The lowest BCUT2D eigenvalue weighted by atomic mass is 10.2. The van der Waals surface area contributed by atoms with Crippen molar-refractivity contribution in [3.8, 4) is 0 Å². The second-order valence-corrected chi connectivity index (χ2v) is 2.77. The topological polar surface area (TPSA) is 57.5 Å². The van der Waals surface area contributed by atoms with Gasteiger partial charge in [-0.25, -0.2) is 0 Å². The summed E-state index contributed by atoms with van der Waals surface area (Å²) < 4.78 is 0. The second kappa shape index (κ2) is 2.41. The molecule has 9 heavy (non-hydrogen) atoms. The molecule has 0 saturated carbocycles. The van der Waals surface area contributed by atoms with E-state index in [-0.39, 0.29) is 0 Å². The van der Waals surface area contributed by atoms with Gasteiger partial charge in [-0.1, -0.05) is 0 Å². The molecule has 0 saturated heterocycles. The van der Waals surface area contributed by atoms with Gasteiger partial charge < -0.3 is 10.2 Å². The van der Waals surface area contributed by atoms with Crippen molar-refractivity contribution < 1.29 is 15.0 Å². The molecule has 0 fully saturated rings. The highest BCUT2D eigenvalue weighted by atomic mass is 32.2. The standard InChI is InChI=1S/C5H6O3S/c6-3-1-2-9-4(3)5(7)8/h1-4,6H,(H,7,8). The second-order valence-electron chi connectivity index (χ2n) is 1.71. The highest BCUT2D eigenvalue weighted by Gasteiger charge is 2.27. The number of rotatable bonds is 1. The number of hydrogen-bond donors (Lipinski definition) is 2. The molecule has 1 heterocycles. The van der Waals surface area contributed by atoms with E-state index >= 15 is 0 Å². The van der Waals surface area contributed by atoms with E-state index in [1.165, 1.54) is 6.08 Å². The Morgan fingerprint density at radius 1 is 1.67 bits per heavy atom. The van der Waals surface area contributed by atoms with Crippen molar-refractivity contribution >= 4 is 17.7 Å². The molecule has 3 nitrogen and oxygen atoms in total. The summed E-state index contributed by atoms with van der Waals surface area (Å²) in [5, 5.41) is 18.1. The highest BCUT2D eigenvalue weighted by Crippen LogP contribution is 2.24. The van der Waals surface area contributed by atoms with Crippen LogP contribution in [0.4, 0.5) is 0 Å². The first-order chi connectivity index (χ1) is 4.22. The molecule has 0 aromatic rings. The van der Waals surface area contributed by atoms with E-state index in [0.717, 1.165) is 11.8 Å². The van der Waals surface area contributed by atoms with Crippen molar-refractivity contribution in [2.75, 3.05) is 0 Å². The summed E-state index contributed by atoms with van der Waals surface area (Å²) in [6, 6.07) is 0. The summed E-state index contributed by atoms with van der Waals surface area (Å²) in [6.07, 6.45) is 0.663. The quantitative estimate of drug-likeness (QED) is 0.549. The van der Waals surface area contributed by atoms with Gasteiger partial charge in [0.05, 0.1) is 6.10 Å². The van der Waals surface area contributed by atoms with Crippen molar-refractivity contribution in [1.29, 1.82) is 0 Å². The summed E-state index contributed by atoms with van der Waals surface area (Å²) in [4.78, 5) is 10.2. The van der Waals surface area contributed by atoms with Gasteiger partial charge in [0.25, 0.3) is 0 Å². The van der Waals surface area contributed by atoms with E-state index in [4.69, 9.17) is 10.2 Å². The first kappa shape index (κ1) is 6.64. The van der Waals surface area contributed by atoms with Gasteiger partial charge >= 0.3 is 5.97 Å². The van der Waals surface area contributed by atoms with E-state index in [2.05, 4.69) is 0 Å². The Balaban J connectivity index is 2.55. The maximum atomic E-state index is 10.2. The molecule has 1 aliphatic rings. The minimum Gasteiger partial charge on any atom is -0.480 e. The molecule has 0 aliphatic carbocycles. The molecule has 0 aromatic carbocycles. The maximum absolute atomic E-state index is 10.2. The van der Waals surface area contributed by atoms with E-state index in [1.807, 2.05) is 0 Å². The maximum Gasteiger partial charge on any atom is 0.319 e. The van der Waals surface area contributed by atoms with Gasteiger partial charge in [-0.05, 0) is 11.5 Å². The lowest BCUT2D eigenvalue weighted by molar-refractivity contribution is -0.137. The third-order valence-electron chi connectivity index (χ3n) is 1.05. The fraction of sp³-hybridized carbons (Fsp3) is 0.400. The van der Waals surface area contributed by atoms with Gasteiger partial charge in [-0.3, -0.25) is 4.79 Å². The predicted octanol–water partition coefficient (Wildman–Crippen LogP) is 0.0610. The molecule has 0 radical (unpaired) electrons. The smallest absolute Gasteiger partial charge is 0.319 e. The van der Waals surface area contributed by atoms with Crippen LogP contribution in [-0.4, -0.2) is 27.5 Å². The number of carbonyl (C=O) groups is 1. The molecular weight excluding hydrogens is 140 g/mol. The Kier molecular flexibility index (Phi) is 1.78. The SMILES string of the molecule is O=C(O)C1SC=CC1O. The third kappa shape index (κ3) is 1.25. The zero-order valence-corrected chi connectivity index (χ0v) is 5.34. The fourth-order valence-electron chi connectivity index (χ4n) is 0.596. The molecule has 4 heteroatoms. The molecule has 0 aromatic heterocycles. The Morgan fingerprint density at radius 3 is 2.56 bits per heavy atom.